The number of carbonyl (C=O) groups is 1. The predicted molar refractivity (Wildman–Crippen MR) is 102 cm³/mol. The molecule has 2 aliphatic carbocycles. The monoisotopic (exact) mass is 407 g/mol. The molecule has 4 nitrogen and oxygen atoms in total. The van der Waals surface area contributed by atoms with Crippen LogP contribution in [0.2, 0.25) is 0 Å². The summed E-state index contributed by atoms with van der Waals surface area (Å²) in [5, 5.41) is 3.07. The molecule has 1 saturated heterocycles. The van der Waals surface area contributed by atoms with Gasteiger partial charge in [-0.2, -0.15) is 0 Å². The molecule has 1 heterocycles. The minimum Gasteiger partial charge on any atom is -0.365 e. The molecule has 3 fully saturated rings. The molecule has 5 unspecified atom stereocenters. The number of amides is 1. The van der Waals surface area contributed by atoms with Gasteiger partial charge in [-0.05, 0) is 49.7 Å². The first-order valence-corrected chi connectivity index (χ1v) is 8.79. The molecular weight excluding hydrogens is 383 g/mol. The van der Waals surface area contributed by atoms with E-state index < -0.39 is 11.6 Å². The Bertz CT molecular complexity index is 641. The van der Waals surface area contributed by atoms with Crippen molar-refractivity contribution in [2.75, 3.05) is 18.0 Å². The van der Waals surface area contributed by atoms with E-state index in [4.69, 9.17) is 5.73 Å². The second-order valence-corrected chi connectivity index (χ2v) is 7.45. The SMILES string of the molecule is Cl.Cl.NC1C2CCC(C2)C1C(=O)NC1CCN(c2c(F)cccc2F)C1. The molecule has 1 amide bonds. The van der Waals surface area contributed by atoms with Crippen molar-refractivity contribution in [2.24, 2.45) is 23.5 Å². The van der Waals surface area contributed by atoms with Crippen LogP contribution < -0.4 is 16.0 Å². The van der Waals surface area contributed by atoms with Gasteiger partial charge >= 0.3 is 0 Å². The minimum absolute atomic E-state index is 0. The first kappa shape index (κ1) is 21.2. The highest BCUT2D eigenvalue weighted by Gasteiger charge is 2.49. The van der Waals surface area contributed by atoms with E-state index in [1.165, 1.54) is 18.2 Å². The van der Waals surface area contributed by atoms with Gasteiger partial charge in [0.1, 0.15) is 17.3 Å². The first-order valence-electron chi connectivity index (χ1n) is 8.79. The van der Waals surface area contributed by atoms with E-state index in [-0.39, 0.29) is 54.4 Å². The standard InChI is InChI=1S/C18H23F2N3O.2ClH/c19-13-2-1-3-14(20)17(13)23-7-6-12(9-23)22-18(24)15-10-4-5-11(8-10)16(15)21;;/h1-3,10-12,15-16H,4-9,21H2,(H,22,24);2*1H. The van der Waals surface area contributed by atoms with Crippen LogP contribution in [0.4, 0.5) is 14.5 Å². The number of halogens is 4. The van der Waals surface area contributed by atoms with Crippen LogP contribution in [0.15, 0.2) is 18.2 Å². The highest BCUT2D eigenvalue weighted by Crippen LogP contribution is 2.47. The van der Waals surface area contributed by atoms with Crippen molar-refractivity contribution >= 4 is 36.4 Å². The summed E-state index contributed by atoms with van der Waals surface area (Å²) in [6.45, 7) is 0.964. The van der Waals surface area contributed by atoms with Crippen molar-refractivity contribution in [2.45, 2.75) is 37.8 Å². The number of para-hydroxylation sites is 1. The van der Waals surface area contributed by atoms with Gasteiger partial charge in [0.15, 0.2) is 0 Å². The van der Waals surface area contributed by atoms with Gasteiger partial charge in [-0.1, -0.05) is 6.07 Å². The molecule has 8 heteroatoms. The average Bonchev–Trinajstić information content (AvgIpc) is 3.23. The topological polar surface area (TPSA) is 58.4 Å². The molecule has 1 aromatic rings. The van der Waals surface area contributed by atoms with E-state index in [9.17, 15) is 13.6 Å². The Labute approximate surface area is 164 Å². The van der Waals surface area contributed by atoms with Crippen LogP contribution in [-0.2, 0) is 4.79 Å². The first-order chi connectivity index (χ1) is 11.5. The lowest BCUT2D eigenvalue weighted by atomic mass is 9.84. The molecule has 146 valence electrons. The maximum absolute atomic E-state index is 13.9. The number of benzene rings is 1. The molecule has 1 aliphatic heterocycles. The molecule has 26 heavy (non-hydrogen) atoms. The molecule has 0 aromatic heterocycles. The fourth-order valence-corrected chi connectivity index (χ4v) is 4.89. The quantitative estimate of drug-likeness (QED) is 0.809. The fourth-order valence-electron chi connectivity index (χ4n) is 4.89. The number of hydrogen-bond acceptors (Lipinski definition) is 3. The normalized spacial score (nSPS) is 32.1. The molecule has 5 atom stereocenters. The molecule has 4 rings (SSSR count). The van der Waals surface area contributed by atoms with Gasteiger partial charge in [-0.3, -0.25) is 4.79 Å². The summed E-state index contributed by atoms with van der Waals surface area (Å²) in [5.74, 6) is -0.294. The minimum atomic E-state index is -0.558. The van der Waals surface area contributed by atoms with Gasteiger partial charge in [-0.15, -0.1) is 24.8 Å². The zero-order chi connectivity index (χ0) is 16.8. The molecule has 0 spiro atoms. The van der Waals surface area contributed by atoms with E-state index in [0.717, 1.165) is 19.3 Å². The van der Waals surface area contributed by atoms with Gasteiger partial charge in [0.25, 0.3) is 0 Å². The summed E-state index contributed by atoms with van der Waals surface area (Å²) in [6.07, 6.45) is 3.99. The Balaban J connectivity index is 0.00000121. The third kappa shape index (κ3) is 3.64. The number of fused-ring (bicyclic) bond motifs is 2. The molecule has 2 saturated carbocycles. The summed E-state index contributed by atoms with van der Waals surface area (Å²) in [6, 6.07) is 3.77. The summed E-state index contributed by atoms with van der Waals surface area (Å²) >= 11 is 0. The van der Waals surface area contributed by atoms with Crippen molar-refractivity contribution in [3.8, 4) is 0 Å². The summed E-state index contributed by atoms with van der Waals surface area (Å²) in [4.78, 5) is 14.3. The van der Waals surface area contributed by atoms with Gasteiger partial charge in [0.05, 0.1) is 5.92 Å². The number of anilines is 1. The third-order valence-corrected chi connectivity index (χ3v) is 6.07. The summed E-state index contributed by atoms with van der Waals surface area (Å²) < 4.78 is 27.8. The van der Waals surface area contributed by atoms with Crippen molar-refractivity contribution in [1.82, 2.24) is 5.32 Å². The summed E-state index contributed by atoms with van der Waals surface area (Å²) in [7, 11) is 0. The van der Waals surface area contributed by atoms with Crippen LogP contribution in [0.5, 0.6) is 0 Å². The third-order valence-electron chi connectivity index (χ3n) is 6.07. The van der Waals surface area contributed by atoms with Crippen LogP contribution in [0.25, 0.3) is 0 Å². The zero-order valence-corrected chi connectivity index (χ0v) is 16.0. The van der Waals surface area contributed by atoms with E-state index in [1.807, 2.05) is 0 Å². The number of nitrogens with two attached hydrogens (primary N) is 1. The van der Waals surface area contributed by atoms with Crippen LogP contribution in [-0.4, -0.2) is 31.1 Å². The molecule has 2 bridgehead atoms. The molecule has 3 N–H and O–H groups in total. The Kier molecular flexibility index (Phi) is 6.75. The van der Waals surface area contributed by atoms with Crippen molar-refractivity contribution in [3.63, 3.8) is 0 Å². The van der Waals surface area contributed by atoms with Gasteiger partial charge < -0.3 is 16.0 Å². The largest absolute Gasteiger partial charge is 0.365 e. The molecule has 1 aromatic carbocycles. The maximum Gasteiger partial charge on any atom is 0.225 e. The number of rotatable bonds is 3. The fraction of sp³-hybridized carbons (Fsp3) is 0.611. The van der Waals surface area contributed by atoms with Gasteiger partial charge in [0.2, 0.25) is 5.91 Å². The van der Waals surface area contributed by atoms with E-state index in [1.54, 1.807) is 4.90 Å². The Hall–Kier alpha value is -1.11. The predicted octanol–water partition coefficient (Wildman–Crippen LogP) is 2.88. The highest BCUT2D eigenvalue weighted by atomic mass is 35.5. The maximum atomic E-state index is 13.9. The Morgan fingerprint density at radius 2 is 1.77 bits per heavy atom. The van der Waals surface area contributed by atoms with Crippen LogP contribution in [0, 0.1) is 29.4 Å². The Morgan fingerprint density at radius 3 is 2.38 bits per heavy atom. The number of carbonyl (C=O) groups excluding carboxylic acids is 1. The van der Waals surface area contributed by atoms with E-state index in [0.29, 0.717) is 31.3 Å². The van der Waals surface area contributed by atoms with Crippen LogP contribution in [0.3, 0.4) is 0 Å². The number of nitrogens with one attached hydrogen (secondary N) is 1. The number of hydrogen-bond donors (Lipinski definition) is 2. The molecular formula is C18H25Cl2F2N3O. The van der Waals surface area contributed by atoms with Gasteiger partial charge in [-0.25, -0.2) is 8.78 Å². The molecule has 3 aliphatic rings. The number of nitrogens with zero attached hydrogens (tertiary/aromatic N) is 1. The lowest BCUT2D eigenvalue weighted by Gasteiger charge is -2.28. The second-order valence-electron chi connectivity index (χ2n) is 7.45. The summed E-state index contributed by atoms with van der Waals surface area (Å²) in [5.41, 5.74) is 6.23. The lowest BCUT2D eigenvalue weighted by Crippen LogP contribution is -2.48. The lowest BCUT2D eigenvalue weighted by molar-refractivity contribution is -0.127. The van der Waals surface area contributed by atoms with Gasteiger partial charge in [0, 0.05) is 25.2 Å². The molecule has 0 radical (unpaired) electrons. The van der Waals surface area contributed by atoms with E-state index >= 15 is 0 Å². The van der Waals surface area contributed by atoms with Crippen molar-refractivity contribution in [3.05, 3.63) is 29.8 Å². The van der Waals surface area contributed by atoms with E-state index in [2.05, 4.69) is 5.32 Å². The zero-order valence-electron chi connectivity index (χ0n) is 14.4. The Morgan fingerprint density at radius 1 is 1.12 bits per heavy atom. The average molecular weight is 408 g/mol. The van der Waals surface area contributed by atoms with Crippen LogP contribution >= 0.6 is 24.8 Å². The second kappa shape index (κ2) is 8.28. The van der Waals surface area contributed by atoms with Crippen LogP contribution in [0.1, 0.15) is 25.7 Å². The van der Waals surface area contributed by atoms with Crippen molar-refractivity contribution in [1.29, 1.82) is 0 Å². The highest BCUT2D eigenvalue weighted by molar-refractivity contribution is 5.85. The smallest absolute Gasteiger partial charge is 0.225 e. The van der Waals surface area contributed by atoms with Crippen molar-refractivity contribution < 1.29 is 13.6 Å².